The smallest absolute Gasteiger partial charge is 0.260 e. The lowest BCUT2D eigenvalue weighted by Gasteiger charge is -2.07. The molecule has 29 heavy (non-hydrogen) atoms. The highest BCUT2D eigenvalue weighted by molar-refractivity contribution is 7.98. The van der Waals surface area contributed by atoms with Crippen LogP contribution in [0.2, 0.25) is 0 Å². The highest BCUT2D eigenvalue weighted by Gasteiger charge is 2.16. The molecule has 0 saturated carbocycles. The Hall–Kier alpha value is -2.97. The number of anilines is 1. The molecule has 2 aromatic carbocycles. The number of thiazole rings is 1. The normalized spacial score (nSPS) is 10.8. The Balaban J connectivity index is 1.52. The van der Waals surface area contributed by atoms with E-state index in [-0.39, 0.29) is 11.7 Å². The number of rotatable bonds is 6. The van der Waals surface area contributed by atoms with Crippen molar-refractivity contribution in [1.29, 1.82) is 0 Å². The number of fused-ring (bicyclic) bond motifs is 1. The van der Waals surface area contributed by atoms with Crippen molar-refractivity contribution in [3.63, 3.8) is 0 Å². The Morgan fingerprint density at radius 1 is 1.17 bits per heavy atom. The number of hydrogen-bond acceptors (Lipinski definition) is 6. The Bertz CT molecular complexity index is 1160. The largest absolute Gasteiger partial charge is 0.494 e. The summed E-state index contributed by atoms with van der Waals surface area (Å²) in [6, 6.07) is 15.4. The number of aromatic nitrogens is 2. The zero-order valence-corrected chi connectivity index (χ0v) is 17.0. The zero-order valence-electron chi connectivity index (χ0n) is 15.4. The number of hydrogen-bond donors (Lipinski definition) is 1. The number of carbonyl (C=O) groups is 1. The standard InChI is InChI=1S/C21H16FN3O2S2/c1-27-16-5-2-6-17-18(16)24-21(29-17)25-19(26)15-4-3-11-23-20(15)28-12-13-7-9-14(22)10-8-13/h2-11H,12H2,1H3,(H,24,25,26). The monoisotopic (exact) mass is 425 g/mol. The topological polar surface area (TPSA) is 64.1 Å². The third kappa shape index (κ3) is 4.38. The molecule has 0 atom stereocenters. The fourth-order valence-corrected chi connectivity index (χ4v) is 4.54. The molecule has 0 aliphatic carbocycles. The van der Waals surface area contributed by atoms with E-state index >= 15 is 0 Å². The van der Waals surface area contributed by atoms with Crippen molar-refractivity contribution >= 4 is 44.4 Å². The molecule has 5 nitrogen and oxygen atoms in total. The molecule has 0 bridgehead atoms. The zero-order chi connectivity index (χ0) is 20.2. The van der Waals surface area contributed by atoms with Crippen molar-refractivity contribution in [3.8, 4) is 5.75 Å². The van der Waals surface area contributed by atoms with Crippen LogP contribution < -0.4 is 10.1 Å². The van der Waals surface area contributed by atoms with Gasteiger partial charge in [-0.25, -0.2) is 14.4 Å². The number of thioether (sulfide) groups is 1. The van der Waals surface area contributed by atoms with E-state index < -0.39 is 0 Å². The van der Waals surface area contributed by atoms with Gasteiger partial charge < -0.3 is 4.74 Å². The lowest BCUT2D eigenvalue weighted by Crippen LogP contribution is -2.13. The Labute approximate surface area is 175 Å². The maximum Gasteiger partial charge on any atom is 0.260 e. The number of para-hydroxylation sites is 1. The van der Waals surface area contributed by atoms with Crippen molar-refractivity contribution in [1.82, 2.24) is 9.97 Å². The number of methoxy groups -OCH3 is 1. The molecule has 146 valence electrons. The van der Waals surface area contributed by atoms with E-state index in [0.717, 1.165) is 10.3 Å². The summed E-state index contributed by atoms with van der Waals surface area (Å²) in [6.45, 7) is 0. The molecule has 4 rings (SSSR count). The second kappa shape index (κ2) is 8.59. The first-order chi connectivity index (χ1) is 14.1. The molecule has 0 spiro atoms. The minimum atomic E-state index is -0.280. The number of nitrogens with zero attached hydrogens (tertiary/aromatic N) is 2. The van der Waals surface area contributed by atoms with Crippen molar-refractivity contribution in [2.75, 3.05) is 12.4 Å². The summed E-state index contributed by atoms with van der Waals surface area (Å²) in [5, 5.41) is 3.95. The molecule has 2 aromatic heterocycles. The molecule has 0 saturated heterocycles. The van der Waals surface area contributed by atoms with E-state index in [0.29, 0.717) is 32.7 Å². The molecule has 1 N–H and O–H groups in total. The van der Waals surface area contributed by atoms with Crippen molar-refractivity contribution in [3.05, 3.63) is 77.7 Å². The van der Waals surface area contributed by atoms with Crippen LogP contribution in [0.25, 0.3) is 10.2 Å². The van der Waals surface area contributed by atoms with Gasteiger partial charge in [-0.1, -0.05) is 29.5 Å². The fraction of sp³-hybridized carbons (Fsp3) is 0.0952. The number of amides is 1. The highest BCUT2D eigenvalue weighted by atomic mass is 32.2. The number of nitrogens with one attached hydrogen (secondary N) is 1. The number of ether oxygens (including phenoxy) is 1. The summed E-state index contributed by atoms with van der Waals surface area (Å²) in [5.74, 6) is 0.689. The van der Waals surface area contributed by atoms with Gasteiger partial charge >= 0.3 is 0 Å². The molecule has 8 heteroatoms. The van der Waals surface area contributed by atoms with E-state index in [2.05, 4.69) is 15.3 Å². The van der Waals surface area contributed by atoms with Crippen LogP contribution in [0, 0.1) is 5.82 Å². The first kappa shape index (κ1) is 19.4. The van der Waals surface area contributed by atoms with Crippen molar-refractivity contribution in [2.24, 2.45) is 0 Å². The van der Waals surface area contributed by atoms with Gasteiger partial charge in [0.15, 0.2) is 5.13 Å². The molecular formula is C21H16FN3O2S2. The van der Waals surface area contributed by atoms with Crippen molar-refractivity contribution < 1.29 is 13.9 Å². The second-order valence-electron chi connectivity index (χ2n) is 6.05. The van der Waals surface area contributed by atoms with Crippen LogP contribution >= 0.6 is 23.1 Å². The number of pyridine rings is 1. The number of benzene rings is 2. The van der Waals surface area contributed by atoms with Crippen molar-refractivity contribution in [2.45, 2.75) is 10.8 Å². The van der Waals surface area contributed by atoms with Gasteiger partial charge in [0.25, 0.3) is 5.91 Å². The predicted octanol–water partition coefficient (Wildman–Crippen LogP) is 5.38. The lowest BCUT2D eigenvalue weighted by molar-refractivity contribution is 0.102. The molecule has 0 unspecified atom stereocenters. The molecule has 1 amide bonds. The molecular weight excluding hydrogens is 409 g/mol. The second-order valence-corrected chi connectivity index (χ2v) is 8.05. The van der Waals surface area contributed by atoms with Crippen LogP contribution in [0.4, 0.5) is 9.52 Å². The lowest BCUT2D eigenvalue weighted by atomic mass is 10.2. The van der Waals surface area contributed by atoms with Gasteiger partial charge in [-0.15, -0.1) is 11.8 Å². The number of carbonyl (C=O) groups excluding carboxylic acids is 1. The van der Waals surface area contributed by atoms with Gasteiger partial charge in [-0.05, 0) is 42.0 Å². The summed E-state index contributed by atoms with van der Waals surface area (Å²) in [7, 11) is 1.59. The van der Waals surface area contributed by atoms with Crippen LogP contribution in [0.5, 0.6) is 5.75 Å². The van der Waals surface area contributed by atoms with Gasteiger partial charge in [0.1, 0.15) is 22.1 Å². The molecule has 2 heterocycles. The third-order valence-corrected chi connectivity index (χ3v) is 6.14. The summed E-state index contributed by atoms with van der Waals surface area (Å²) in [4.78, 5) is 21.7. The quantitative estimate of drug-likeness (QED) is 0.420. The average Bonchev–Trinajstić information content (AvgIpc) is 3.16. The van der Waals surface area contributed by atoms with E-state index in [1.54, 1.807) is 37.6 Å². The first-order valence-electron chi connectivity index (χ1n) is 8.71. The van der Waals surface area contributed by atoms with Gasteiger partial charge in [-0.3, -0.25) is 10.1 Å². The minimum absolute atomic E-state index is 0.274. The Morgan fingerprint density at radius 3 is 2.79 bits per heavy atom. The molecule has 4 aromatic rings. The van der Waals surface area contributed by atoms with Gasteiger partial charge in [0, 0.05) is 11.9 Å². The molecule has 0 radical (unpaired) electrons. The number of halogens is 1. The van der Waals surface area contributed by atoms with Crippen LogP contribution in [0.3, 0.4) is 0 Å². The van der Waals surface area contributed by atoms with Gasteiger partial charge in [0.05, 0.1) is 17.4 Å². The summed E-state index contributed by atoms with van der Waals surface area (Å²) in [6.07, 6.45) is 1.65. The summed E-state index contributed by atoms with van der Waals surface area (Å²) < 4.78 is 19.3. The van der Waals surface area contributed by atoms with E-state index in [1.165, 1.54) is 35.2 Å². The van der Waals surface area contributed by atoms with Crippen LogP contribution in [0.1, 0.15) is 15.9 Å². The summed E-state index contributed by atoms with van der Waals surface area (Å²) >= 11 is 2.81. The van der Waals surface area contributed by atoms with Gasteiger partial charge in [-0.2, -0.15) is 0 Å². The SMILES string of the molecule is COc1cccc2sc(NC(=O)c3cccnc3SCc3ccc(F)cc3)nc12. The van der Waals surface area contributed by atoms with Crippen LogP contribution in [0.15, 0.2) is 65.8 Å². The first-order valence-corrected chi connectivity index (χ1v) is 10.5. The van der Waals surface area contributed by atoms with E-state index in [9.17, 15) is 9.18 Å². The maximum atomic E-state index is 13.1. The average molecular weight is 426 g/mol. The highest BCUT2D eigenvalue weighted by Crippen LogP contribution is 2.32. The van der Waals surface area contributed by atoms with E-state index in [1.807, 2.05) is 18.2 Å². The fourth-order valence-electron chi connectivity index (χ4n) is 2.72. The summed E-state index contributed by atoms with van der Waals surface area (Å²) in [5.41, 5.74) is 2.13. The molecule has 0 aliphatic heterocycles. The molecule has 0 fully saturated rings. The maximum absolute atomic E-state index is 13.1. The van der Waals surface area contributed by atoms with Crippen LogP contribution in [-0.4, -0.2) is 23.0 Å². The Morgan fingerprint density at radius 2 is 2.00 bits per heavy atom. The Kier molecular flexibility index (Phi) is 5.73. The van der Waals surface area contributed by atoms with Gasteiger partial charge in [0.2, 0.25) is 0 Å². The minimum Gasteiger partial charge on any atom is -0.494 e. The third-order valence-electron chi connectivity index (χ3n) is 4.13. The predicted molar refractivity (Wildman–Crippen MR) is 114 cm³/mol. The molecule has 0 aliphatic rings. The van der Waals surface area contributed by atoms with E-state index in [4.69, 9.17) is 4.74 Å². The van der Waals surface area contributed by atoms with Crippen LogP contribution in [-0.2, 0) is 5.75 Å².